The van der Waals surface area contributed by atoms with Crippen LogP contribution in [0.1, 0.15) is 43.7 Å². The van der Waals surface area contributed by atoms with E-state index in [1.54, 1.807) is 18.3 Å². The van der Waals surface area contributed by atoms with Crippen molar-refractivity contribution < 1.29 is 14.6 Å². The number of phenolic OH excluding ortho intramolecular Hbond substituents is 1. The molecule has 0 bridgehead atoms. The molecule has 1 aromatic heterocycles. The third-order valence-corrected chi connectivity index (χ3v) is 6.06. The molecule has 2 aromatic carbocycles. The van der Waals surface area contributed by atoms with Gasteiger partial charge in [0.1, 0.15) is 23.1 Å². The third kappa shape index (κ3) is 5.31. The minimum Gasteiger partial charge on any atom is -0.508 e. The maximum Gasteiger partial charge on any atom is 0.221 e. The van der Waals surface area contributed by atoms with Crippen molar-refractivity contribution in [3.8, 4) is 34.4 Å². The van der Waals surface area contributed by atoms with E-state index in [9.17, 15) is 5.11 Å². The van der Waals surface area contributed by atoms with Crippen molar-refractivity contribution in [1.29, 1.82) is 5.26 Å². The molecule has 1 saturated carbocycles. The molecule has 2 unspecified atom stereocenters. The summed E-state index contributed by atoms with van der Waals surface area (Å²) in [7, 11) is 0. The van der Waals surface area contributed by atoms with E-state index in [1.165, 1.54) is 0 Å². The van der Waals surface area contributed by atoms with Crippen LogP contribution in [-0.2, 0) is 6.42 Å². The summed E-state index contributed by atoms with van der Waals surface area (Å²) in [4.78, 5) is 8.14. The van der Waals surface area contributed by atoms with Gasteiger partial charge >= 0.3 is 0 Å². The molecule has 3 aromatic rings. The van der Waals surface area contributed by atoms with Crippen LogP contribution in [0.3, 0.4) is 0 Å². The Labute approximate surface area is 199 Å². The van der Waals surface area contributed by atoms with Crippen LogP contribution in [0, 0.1) is 17.2 Å². The molecular formula is C26H29N5O3. The molecule has 8 heteroatoms. The standard InChI is InChI=1S/C26H29N5O3/c1-2-33-22-13-17(11-19-15-30-26(29)31-25(19)28)14-23(24(22)18-4-6-20(32)7-5-18)34-21-8-3-16(12-21)9-10-27/h4-7,13-16,21,32H,2-3,8-9,11-12H2,1H3,(H4,28,29,30,31). The first-order valence-corrected chi connectivity index (χ1v) is 11.5. The van der Waals surface area contributed by atoms with Crippen LogP contribution in [0.5, 0.6) is 17.2 Å². The highest BCUT2D eigenvalue weighted by atomic mass is 16.5. The Morgan fingerprint density at radius 2 is 1.91 bits per heavy atom. The number of nitrogen functional groups attached to an aromatic ring is 2. The Morgan fingerprint density at radius 3 is 2.62 bits per heavy atom. The highest BCUT2D eigenvalue weighted by Gasteiger charge is 2.28. The summed E-state index contributed by atoms with van der Waals surface area (Å²) in [6, 6.07) is 13.2. The largest absolute Gasteiger partial charge is 0.508 e. The first-order valence-electron chi connectivity index (χ1n) is 11.5. The van der Waals surface area contributed by atoms with Crippen LogP contribution in [0.2, 0.25) is 0 Å². The molecule has 0 saturated heterocycles. The fraction of sp³-hybridized carbons (Fsp3) is 0.346. The average Bonchev–Trinajstić information content (AvgIpc) is 3.24. The lowest BCUT2D eigenvalue weighted by Gasteiger charge is -2.21. The zero-order valence-electron chi connectivity index (χ0n) is 19.2. The van der Waals surface area contributed by atoms with Crippen LogP contribution in [0.25, 0.3) is 11.1 Å². The minimum absolute atomic E-state index is 0.0175. The molecule has 1 aliphatic rings. The number of nitrogens with zero attached hydrogens (tertiary/aromatic N) is 3. The van der Waals surface area contributed by atoms with E-state index in [0.717, 1.165) is 41.5 Å². The fourth-order valence-electron chi connectivity index (χ4n) is 4.44. The molecular weight excluding hydrogens is 430 g/mol. The topological polar surface area (TPSA) is 140 Å². The van der Waals surface area contributed by atoms with Crippen molar-refractivity contribution >= 4 is 11.8 Å². The number of aromatic nitrogens is 2. The maximum absolute atomic E-state index is 9.79. The Kier molecular flexibility index (Phi) is 7.02. The van der Waals surface area contributed by atoms with Gasteiger partial charge in [0, 0.05) is 24.6 Å². The van der Waals surface area contributed by atoms with Crippen LogP contribution in [0.15, 0.2) is 42.6 Å². The van der Waals surface area contributed by atoms with Gasteiger partial charge in [-0.3, -0.25) is 0 Å². The van der Waals surface area contributed by atoms with Crippen LogP contribution < -0.4 is 20.9 Å². The van der Waals surface area contributed by atoms with Gasteiger partial charge in [0.15, 0.2) is 0 Å². The van der Waals surface area contributed by atoms with Gasteiger partial charge in [-0.2, -0.15) is 10.2 Å². The van der Waals surface area contributed by atoms with E-state index in [-0.39, 0.29) is 17.8 Å². The Hall–Kier alpha value is -3.99. The number of ether oxygens (including phenoxy) is 2. The Morgan fingerprint density at radius 1 is 1.15 bits per heavy atom. The van der Waals surface area contributed by atoms with Gasteiger partial charge in [-0.25, -0.2) is 4.98 Å². The molecule has 0 amide bonds. The molecule has 4 rings (SSSR count). The van der Waals surface area contributed by atoms with Gasteiger partial charge in [0.2, 0.25) is 5.95 Å². The lowest BCUT2D eigenvalue weighted by Crippen LogP contribution is -2.14. The Balaban J connectivity index is 1.75. The number of nitriles is 1. The van der Waals surface area contributed by atoms with Gasteiger partial charge in [-0.1, -0.05) is 12.1 Å². The quantitative estimate of drug-likeness (QED) is 0.448. The van der Waals surface area contributed by atoms with E-state index in [2.05, 4.69) is 16.0 Å². The minimum atomic E-state index is 0.0175. The summed E-state index contributed by atoms with van der Waals surface area (Å²) in [5, 5.41) is 18.9. The summed E-state index contributed by atoms with van der Waals surface area (Å²) in [6.07, 6.45) is 5.40. The van der Waals surface area contributed by atoms with Crippen molar-refractivity contribution in [3.63, 3.8) is 0 Å². The van der Waals surface area contributed by atoms with E-state index < -0.39 is 0 Å². The molecule has 8 nitrogen and oxygen atoms in total. The molecule has 0 radical (unpaired) electrons. The zero-order valence-corrected chi connectivity index (χ0v) is 19.2. The molecule has 0 aliphatic heterocycles. The average molecular weight is 460 g/mol. The van der Waals surface area contributed by atoms with Gasteiger partial charge in [0.25, 0.3) is 0 Å². The first-order chi connectivity index (χ1) is 16.5. The molecule has 1 fully saturated rings. The number of benzene rings is 2. The SMILES string of the molecule is CCOc1cc(Cc2cnc(N)nc2N)cc(OC2CCC(CC#N)C2)c1-c1ccc(O)cc1. The Bertz CT molecular complexity index is 1190. The van der Waals surface area contributed by atoms with Gasteiger partial charge in [0.05, 0.1) is 24.3 Å². The second-order valence-corrected chi connectivity index (χ2v) is 8.54. The van der Waals surface area contributed by atoms with Crippen LogP contribution in [0.4, 0.5) is 11.8 Å². The van der Waals surface area contributed by atoms with Gasteiger partial charge in [-0.05, 0) is 67.5 Å². The third-order valence-electron chi connectivity index (χ3n) is 6.06. The molecule has 1 aliphatic carbocycles. The first kappa shape index (κ1) is 23.2. The second-order valence-electron chi connectivity index (χ2n) is 8.54. The van der Waals surface area contributed by atoms with E-state index in [0.29, 0.717) is 42.7 Å². The molecule has 176 valence electrons. The van der Waals surface area contributed by atoms with Crippen LogP contribution >= 0.6 is 0 Å². The van der Waals surface area contributed by atoms with Crippen LogP contribution in [-0.4, -0.2) is 27.8 Å². The summed E-state index contributed by atoms with van der Waals surface area (Å²) < 4.78 is 12.6. The number of anilines is 2. The molecule has 5 N–H and O–H groups in total. The van der Waals surface area contributed by atoms with E-state index >= 15 is 0 Å². The summed E-state index contributed by atoms with van der Waals surface area (Å²) >= 11 is 0. The normalized spacial score (nSPS) is 17.3. The van der Waals surface area contributed by atoms with Gasteiger partial charge in [-0.15, -0.1) is 0 Å². The fourth-order valence-corrected chi connectivity index (χ4v) is 4.44. The lowest BCUT2D eigenvalue weighted by atomic mass is 9.98. The highest BCUT2D eigenvalue weighted by Crippen LogP contribution is 2.43. The van der Waals surface area contributed by atoms with Crippen molar-refractivity contribution in [2.24, 2.45) is 5.92 Å². The van der Waals surface area contributed by atoms with Crippen molar-refractivity contribution in [2.45, 2.75) is 45.1 Å². The van der Waals surface area contributed by atoms with Crippen molar-refractivity contribution in [1.82, 2.24) is 9.97 Å². The summed E-state index contributed by atoms with van der Waals surface area (Å²) in [5.74, 6) is 2.40. The number of hydrogen-bond donors (Lipinski definition) is 3. The molecule has 1 heterocycles. The van der Waals surface area contributed by atoms with E-state index in [4.69, 9.17) is 26.2 Å². The maximum atomic E-state index is 9.79. The summed E-state index contributed by atoms with van der Waals surface area (Å²) in [6.45, 7) is 2.41. The second kappa shape index (κ2) is 10.3. The van der Waals surface area contributed by atoms with Gasteiger partial charge < -0.3 is 26.0 Å². The number of aromatic hydroxyl groups is 1. The number of rotatable bonds is 8. The van der Waals surface area contributed by atoms with E-state index in [1.807, 2.05) is 31.2 Å². The monoisotopic (exact) mass is 459 g/mol. The number of phenols is 1. The predicted octanol–water partition coefficient (Wildman–Crippen LogP) is 4.46. The number of nitrogens with two attached hydrogens (primary N) is 2. The molecule has 2 atom stereocenters. The molecule has 34 heavy (non-hydrogen) atoms. The predicted molar refractivity (Wildman–Crippen MR) is 130 cm³/mol. The smallest absolute Gasteiger partial charge is 0.221 e. The van der Waals surface area contributed by atoms with Crippen molar-refractivity contribution in [2.75, 3.05) is 18.1 Å². The highest BCUT2D eigenvalue weighted by molar-refractivity contribution is 5.78. The summed E-state index contributed by atoms with van der Waals surface area (Å²) in [5.41, 5.74) is 15.1. The molecule has 0 spiro atoms. The van der Waals surface area contributed by atoms with Crippen molar-refractivity contribution in [3.05, 3.63) is 53.7 Å². The zero-order chi connectivity index (χ0) is 24.1. The number of hydrogen-bond acceptors (Lipinski definition) is 8. The lowest BCUT2D eigenvalue weighted by molar-refractivity contribution is 0.204.